The molecule has 0 rings (SSSR count). The second-order valence-corrected chi connectivity index (χ2v) is 6.99. The third-order valence-electron chi connectivity index (χ3n) is 2.47. The van der Waals surface area contributed by atoms with Crippen molar-refractivity contribution in [1.29, 1.82) is 0 Å². The number of amides is 1. The molecule has 0 saturated heterocycles. The molecule has 0 heterocycles. The molecule has 0 fully saturated rings. The van der Waals surface area contributed by atoms with E-state index in [-0.39, 0.29) is 0 Å². The lowest BCUT2D eigenvalue weighted by Crippen LogP contribution is -2.43. The highest BCUT2D eigenvalue weighted by molar-refractivity contribution is 7.26. The van der Waals surface area contributed by atoms with Crippen molar-refractivity contribution in [3.63, 3.8) is 0 Å². The lowest BCUT2D eigenvalue weighted by Gasteiger charge is -2.24. The van der Waals surface area contributed by atoms with E-state index in [1.54, 1.807) is 21.3 Å². The number of halogens is 1. The standard InChI is InChI=1S/C9H22FN2O5PSi/c1-14-19(15-2,16-3)8-4-5-11-6-7-12-9(13)17-18-10/h11,18H,4-8H2,1-3H3,(H,12,13). The number of rotatable bonds is 11. The molecule has 1 unspecified atom stereocenters. The predicted molar refractivity (Wildman–Crippen MR) is 73.0 cm³/mol. The fourth-order valence-corrected chi connectivity index (χ4v) is 3.30. The smallest absolute Gasteiger partial charge is 0.399 e. The van der Waals surface area contributed by atoms with Crippen LogP contribution in [0.2, 0.25) is 6.04 Å². The van der Waals surface area contributed by atoms with Crippen LogP contribution < -0.4 is 10.6 Å². The maximum Gasteiger partial charge on any atom is 0.500 e. The van der Waals surface area contributed by atoms with Gasteiger partial charge in [0, 0.05) is 40.5 Å². The van der Waals surface area contributed by atoms with Crippen molar-refractivity contribution in [2.45, 2.75) is 12.5 Å². The van der Waals surface area contributed by atoms with Crippen LogP contribution >= 0.6 is 9.12 Å². The molecule has 0 aliphatic carbocycles. The van der Waals surface area contributed by atoms with Crippen molar-refractivity contribution in [2.24, 2.45) is 0 Å². The zero-order valence-corrected chi connectivity index (χ0v) is 13.5. The van der Waals surface area contributed by atoms with Gasteiger partial charge in [0.15, 0.2) is 0 Å². The minimum atomic E-state index is -2.48. The quantitative estimate of drug-likeness (QED) is 0.337. The van der Waals surface area contributed by atoms with Crippen molar-refractivity contribution in [1.82, 2.24) is 10.6 Å². The second-order valence-electron chi connectivity index (χ2n) is 3.54. The lowest BCUT2D eigenvalue weighted by atomic mass is 10.4. The molecule has 0 aliphatic rings. The average Bonchev–Trinajstić information content (AvgIpc) is 2.43. The third-order valence-corrected chi connectivity index (χ3v) is 5.57. The maximum absolute atomic E-state index is 11.6. The molecular formula is C9H22FN2O5PSi. The summed E-state index contributed by atoms with van der Waals surface area (Å²) in [6.07, 6.45) is 0.0881. The van der Waals surface area contributed by atoms with Gasteiger partial charge < -0.3 is 28.4 Å². The molecule has 2 N–H and O–H groups in total. The first kappa shape index (κ1) is 18.7. The Morgan fingerprint density at radius 2 is 1.79 bits per heavy atom. The van der Waals surface area contributed by atoms with Gasteiger partial charge in [0.1, 0.15) is 0 Å². The van der Waals surface area contributed by atoms with Gasteiger partial charge in [-0.05, 0) is 13.0 Å². The van der Waals surface area contributed by atoms with Crippen LogP contribution in [0.5, 0.6) is 0 Å². The summed E-state index contributed by atoms with van der Waals surface area (Å²) in [6.45, 7) is 1.70. The largest absolute Gasteiger partial charge is 0.500 e. The summed E-state index contributed by atoms with van der Waals surface area (Å²) in [5.41, 5.74) is 0. The van der Waals surface area contributed by atoms with Crippen LogP contribution in [0.3, 0.4) is 0 Å². The van der Waals surface area contributed by atoms with E-state index in [0.29, 0.717) is 19.1 Å². The summed E-state index contributed by atoms with van der Waals surface area (Å²) in [6, 6.07) is 0.710. The monoisotopic (exact) mass is 316 g/mol. The third kappa shape index (κ3) is 8.46. The Kier molecular flexibility index (Phi) is 11.3. The minimum Gasteiger partial charge on any atom is -0.399 e. The molecule has 0 aromatic heterocycles. The highest BCUT2D eigenvalue weighted by Crippen LogP contribution is 2.14. The van der Waals surface area contributed by atoms with Gasteiger partial charge in [-0.3, -0.25) is 0 Å². The Balaban J connectivity index is 3.52. The van der Waals surface area contributed by atoms with E-state index >= 15 is 0 Å². The lowest BCUT2D eigenvalue weighted by molar-refractivity contribution is 0.123. The van der Waals surface area contributed by atoms with Crippen molar-refractivity contribution in [3.8, 4) is 0 Å². The fourth-order valence-electron chi connectivity index (χ4n) is 1.44. The second kappa shape index (κ2) is 11.5. The molecule has 0 spiro atoms. The molecular weight excluding hydrogens is 294 g/mol. The first-order valence-electron chi connectivity index (χ1n) is 5.80. The zero-order chi connectivity index (χ0) is 14.6. The molecule has 0 saturated carbocycles. The molecule has 1 atom stereocenters. The first-order chi connectivity index (χ1) is 9.14. The maximum atomic E-state index is 11.6. The Bertz CT molecular complexity index is 240. The van der Waals surface area contributed by atoms with Crippen molar-refractivity contribution >= 4 is 24.0 Å². The molecule has 0 aromatic rings. The summed E-state index contributed by atoms with van der Waals surface area (Å²) >= 11 is 0. The number of nitrogens with one attached hydrogen (secondary N) is 2. The molecule has 7 nitrogen and oxygen atoms in total. The van der Waals surface area contributed by atoms with E-state index in [4.69, 9.17) is 13.3 Å². The SMILES string of the molecule is CO[Si](CCCNCCNC(=O)OPF)(OC)OC. The highest BCUT2D eigenvalue weighted by Gasteiger charge is 2.36. The molecule has 10 heteroatoms. The minimum absolute atomic E-state index is 0.380. The van der Waals surface area contributed by atoms with E-state index in [2.05, 4.69) is 15.2 Å². The molecule has 19 heavy (non-hydrogen) atoms. The van der Waals surface area contributed by atoms with Crippen LogP contribution in [0.4, 0.5) is 8.99 Å². The van der Waals surface area contributed by atoms with E-state index < -0.39 is 24.0 Å². The molecule has 0 aliphatic heterocycles. The number of hydrogen-bond acceptors (Lipinski definition) is 6. The first-order valence-corrected chi connectivity index (χ1v) is 8.52. The van der Waals surface area contributed by atoms with Gasteiger partial charge >= 0.3 is 14.9 Å². The molecule has 0 bridgehead atoms. The van der Waals surface area contributed by atoms with Crippen LogP contribution in [0, 0.1) is 0 Å². The van der Waals surface area contributed by atoms with Gasteiger partial charge in [0.25, 0.3) is 9.12 Å². The Hall–Kier alpha value is -0.313. The topological polar surface area (TPSA) is 78.1 Å². The van der Waals surface area contributed by atoms with Crippen LogP contribution in [0.1, 0.15) is 6.42 Å². The Labute approximate surface area is 115 Å². The average molecular weight is 316 g/mol. The van der Waals surface area contributed by atoms with Crippen molar-refractivity contribution < 1.29 is 26.8 Å². The van der Waals surface area contributed by atoms with E-state index in [1.807, 2.05) is 0 Å². The van der Waals surface area contributed by atoms with Gasteiger partial charge in [-0.15, -0.1) is 0 Å². The van der Waals surface area contributed by atoms with Crippen molar-refractivity contribution in [2.75, 3.05) is 41.0 Å². The Morgan fingerprint density at radius 3 is 2.32 bits per heavy atom. The van der Waals surface area contributed by atoms with Crippen LogP contribution in [0.15, 0.2) is 0 Å². The Morgan fingerprint density at radius 1 is 1.16 bits per heavy atom. The van der Waals surface area contributed by atoms with Crippen LogP contribution in [-0.2, 0) is 17.8 Å². The van der Waals surface area contributed by atoms with E-state index in [1.165, 1.54) is 0 Å². The normalized spacial score (nSPS) is 12.0. The number of carbonyl (C=O) groups excluding carboxylic acids is 1. The van der Waals surface area contributed by atoms with Gasteiger partial charge in [0.2, 0.25) is 0 Å². The summed E-state index contributed by atoms with van der Waals surface area (Å²) in [5, 5.41) is 5.52. The number of carbonyl (C=O) groups is 1. The molecule has 1 amide bonds. The van der Waals surface area contributed by atoms with Gasteiger partial charge in [-0.25, -0.2) is 4.79 Å². The van der Waals surface area contributed by atoms with Gasteiger partial charge in [-0.1, -0.05) is 0 Å². The summed E-state index contributed by atoms with van der Waals surface area (Å²) in [4.78, 5) is 10.7. The molecule has 114 valence electrons. The highest BCUT2D eigenvalue weighted by atomic mass is 31.1. The summed E-state index contributed by atoms with van der Waals surface area (Å²) < 4.78 is 31.6. The van der Waals surface area contributed by atoms with Gasteiger partial charge in [0.05, 0.1) is 0 Å². The van der Waals surface area contributed by atoms with E-state index in [0.717, 1.165) is 13.0 Å². The summed E-state index contributed by atoms with van der Waals surface area (Å²) in [7, 11) is 0.920. The fraction of sp³-hybridized carbons (Fsp3) is 0.889. The number of hydrogen-bond donors (Lipinski definition) is 2. The van der Waals surface area contributed by atoms with Crippen molar-refractivity contribution in [3.05, 3.63) is 0 Å². The van der Waals surface area contributed by atoms with Crippen LogP contribution in [-0.4, -0.2) is 55.9 Å². The van der Waals surface area contributed by atoms with Crippen LogP contribution in [0.25, 0.3) is 0 Å². The van der Waals surface area contributed by atoms with Gasteiger partial charge in [-0.2, -0.15) is 4.20 Å². The summed E-state index contributed by atoms with van der Waals surface area (Å²) in [5.74, 6) is 0. The predicted octanol–water partition coefficient (Wildman–Crippen LogP) is 1.05. The molecule has 0 radical (unpaired) electrons. The van der Waals surface area contributed by atoms with E-state index in [9.17, 15) is 8.99 Å². The molecule has 0 aromatic carbocycles. The zero-order valence-electron chi connectivity index (χ0n) is 11.5.